The molecule has 0 aliphatic carbocycles. The second-order valence-electron chi connectivity index (χ2n) is 6.47. The number of esters is 1. The van der Waals surface area contributed by atoms with E-state index in [0.717, 1.165) is 12.8 Å². The molecule has 3 saturated heterocycles. The number of carbonyl (C=O) groups is 1. The van der Waals surface area contributed by atoms with Crippen LogP contribution in [-0.2, 0) is 28.5 Å². The van der Waals surface area contributed by atoms with Crippen molar-refractivity contribution >= 4 is 5.97 Å². The number of aliphatic hydroxyl groups excluding tert-OH is 1. The van der Waals surface area contributed by atoms with Gasteiger partial charge in [-0.1, -0.05) is 6.92 Å². The highest BCUT2D eigenvalue weighted by Gasteiger charge is 2.57. The second-order valence-corrected chi connectivity index (χ2v) is 6.47. The Kier molecular flexibility index (Phi) is 4.44. The summed E-state index contributed by atoms with van der Waals surface area (Å²) in [6.07, 6.45) is -0.802. The lowest BCUT2D eigenvalue weighted by molar-refractivity contribution is -0.228. The van der Waals surface area contributed by atoms with E-state index in [2.05, 4.69) is 0 Å². The number of hydrogen-bond acceptors (Lipinski definition) is 7. The molecule has 0 radical (unpaired) electrons. The molecule has 0 spiro atoms. The largest absolute Gasteiger partial charge is 0.463 e. The van der Waals surface area contributed by atoms with E-state index in [1.807, 2.05) is 0 Å². The summed E-state index contributed by atoms with van der Waals surface area (Å²) in [6, 6.07) is 0. The molecule has 3 aliphatic heterocycles. The van der Waals surface area contributed by atoms with E-state index in [1.165, 1.54) is 0 Å². The molecule has 0 unspecified atom stereocenters. The number of aliphatic hydroxyl groups is 1. The zero-order valence-electron chi connectivity index (χ0n) is 13.2. The average molecular weight is 316 g/mol. The van der Waals surface area contributed by atoms with Crippen molar-refractivity contribution in [3.05, 3.63) is 0 Å². The molecule has 0 aromatic heterocycles. The molecule has 3 heterocycles. The molecule has 7 heteroatoms. The van der Waals surface area contributed by atoms with E-state index >= 15 is 0 Å². The molecule has 7 nitrogen and oxygen atoms in total. The number of rotatable bonds is 4. The number of ether oxygens (including phenoxy) is 5. The third kappa shape index (κ3) is 3.14. The topological polar surface area (TPSA) is 83.5 Å². The van der Waals surface area contributed by atoms with Crippen molar-refractivity contribution in [2.24, 2.45) is 0 Å². The van der Waals surface area contributed by atoms with Gasteiger partial charge in [-0.3, -0.25) is 4.79 Å². The van der Waals surface area contributed by atoms with E-state index in [0.29, 0.717) is 6.42 Å². The monoisotopic (exact) mass is 316 g/mol. The van der Waals surface area contributed by atoms with Crippen molar-refractivity contribution in [2.75, 3.05) is 6.61 Å². The van der Waals surface area contributed by atoms with Gasteiger partial charge in [0.2, 0.25) is 0 Å². The molecular formula is C15H24O7. The lowest BCUT2D eigenvalue weighted by Gasteiger charge is -2.26. The molecular weight excluding hydrogens is 292 g/mol. The Morgan fingerprint density at radius 1 is 1.23 bits per heavy atom. The summed E-state index contributed by atoms with van der Waals surface area (Å²) >= 11 is 0. The molecule has 126 valence electrons. The average Bonchev–Trinajstić information content (AvgIpc) is 3.11. The van der Waals surface area contributed by atoms with Gasteiger partial charge < -0.3 is 28.8 Å². The van der Waals surface area contributed by atoms with Crippen LogP contribution in [0.4, 0.5) is 0 Å². The smallest absolute Gasteiger partial charge is 0.305 e. The highest BCUT2D eigenvalue weighted by Crippen LogP contribution is 2.40. The van der Waals surface area contributed by atoms with E-state index < -0.39 is 30.4 Å². The molecule has 1 N–H and O–H groups in total. The fourth-order valence-electron chi connectivity index (χ4n) is 3.21. The van der Waals surface area contributed by atoms with Gasteiger partial charge in [-0.15, -0.1) is 0 Å². The standard InChI is InChI=1S/C15H24O7/c1-4-10(16)18-7-8-5-6-9(19-8)12-11(17)13-14(20-12)22-15(2,3)21-13/h8-9,11-14,17H,4-7H2,1-3H3/t8-,9+,11-,12+,13+,14+/m0/s1. The second kappa shape index (κ2) is 6.05. The van der Waals surface area contributed by atoms with Crippen LogP contribution in [0.25, 0.3) is 0 Å². The molecule has 0 aromatic carbocycles. The molecule has 0 bridgehead atoms. The predicted molar refractivity (Wildman–Crippen MR) is 73.8 cm³/mol. The molecule has 0 aromatic rings. The van der Waals surface area contributed by atoms with E-state index in [4.69, 9.17) is 23.7 Å². The summed E-state index contributed by atoms with van der Waals surface area (Å²) < 4.78 is 28.0. The summed E-state index contributed by atoms with van der Waals surface area (Å²) in [4.78, 5) is 11.2. The maximum atomic E-state index is 11.2. The first-order valence-corrected chi connectivity index (χ1v) is 7.90. The first kappa shape index (κ1) is 16.1. The third-order valence-corrected chi connectivity index (χ3v) is 4.28. The number of hydrogen-bond donors (Lipinski definition) is 1. The van der Waals surface area contributed by atoms with Gasteiger partial charge in [-0.2, -0.15) is 0 Å². The van der Waals surface area contributed by atoms with Crippen LogP contribution < -0.4 is 0 Å². The van der Waals surface area contributed by atoms with Crippen molar-refractivity contribution < 1.29 is 33.6 Å². The fourth-order valence-corrected chi connectivity index (χ4v) is 3.21. The molecule has 0 saturated carbocycles. The Morgan fingerprint density at radius 3 is 2.68 bits per heavy atom. The highest BCUT2D eigenvalue weighted by molar-refractivity contribution is 5.68. The normalized spacial score (nSPS) is 43.3. The Hall–Kier alpha value is -0.730. The van der Waals surface area contributed by atoms with Crippen LogP contribution in [-0.4, -0.2) is 60.3 Å². The summed E-state index contributed by atoms with van der Waals surface area (Å²) in [7, 11) is 0. The Balaban J connectivity index is 1.51. The summed E-state index contributed by atoms with van der Waals surface area (Å²) in [5, 5.41) is 10.4. The lowest BCUT2D eigenvalue weighted by atomic mass is 10.0. The zero-order valence-corrected chi connectivity index (χ0v) is 13.2. The SMILES string of the molecule is CCC(=O)OC[C@@H]1CC[C@H]([C@H]2O[C@@H]3OC(C)(C)O[C@@H]3[C@H]2O)O1. The quantitative estimate of drug-likeness (QED) is 0.765. The van der Waals surface area contributed by atoms with Crippen LogP contribution in [0.5, 0.6) is 0 Å². The first-order valence-electron chi connectivity index (χ1n) is 7.90. The molecule has 3 aliphatic rings. The summed E-state index contributed by atoms with van der Waals surface area (Å²) in [5.74, 6) is -0.975. The predicted octanol–water partition coefficient (Wildman–Crippen LogP) is 0.724. The van der Waals surface area contributed by atoms with Gasteiger partial charge in [0, 0.05) is 6.42 Å². The molecule has 3 fully saturated rings. The van der Waals surface area contributed by atoms with Crippen LogP contribution >= 0.6 is 0 Å². The van der Waals surface area contributed by atoms with Crippen molar-refractivity contribution in [3.63, 3.8) is 0 Å². The minimum absolute atomic E-state index is 0.144. The van der Waals surface area contributed by atoms with Crippen molar-refractivity contribution in [1.29, 1.82) is 0 Å². The fraction of sp³-hybridized carbons (Fsp3) is 0.933. The molecule has 6 atom stereocenters. The van der Waals surface area contributed by atoms with Crippen LogP contribution in [0, 0.1) is 0 Å². The van der Waals surface area contributed by atoms with Gasteiger partial charge >= 0.3 is 5.97 Å². The molecule has 22 heavy (non-hydrogen) atoms. The Labute approximate surface area is 129 Å². The van der Waals surface area contributed by atoms with E-state index in [-0.39, 0.29) is 24.8 Å². The van der Waals surface area contributed by atoms with Gasteiger partial charge in [0.05, 0.1) is 12.2 Å². The van der Waals surface area contributed by atoms with Crippen molar-refractivity contribution in [1.82, 2.24) is 0 Å². The maximum absolute atomic E-state index is 11.2. The lowest BCUT2D eigenvalue weighted by Crippen LogP contribution is -2.41. The first-order chi connectivity index (χ1) is 10.4. The third-order valence-electron chi connectivity index (χ3n) is 4.28. The highest BCUT2D eigenvalue weighted by atomic mass is 16.8. The van der Waals surface area contributed by atoms with Crippen LogP contribution in [0.1, 0.15) is 40.0 Å². The molecule has 3 rings (SSSR count). The van der Waals surface area contributed by atoms with E-state index in [9.17, 15) is 9.90 Å². The van der Waals surface area contributed by atoms with E-state index in [1.54, 1.807) is 20.8 Å². The Morgan fingerprint density at radius 2 is 2.00 bits per heavy atom. The van der Waals surface area contributed by atoms with Gasteiger partial charge in [-0.05, 0) is 26.7 Å². The number of fused-ring (bicyclic) bond motifs is 1. The number of carbonyl (C=O) groups excluding carboxylic acids is 1. The minimum atomic E-state index is -0.784. The van der Waals surface area contributed by atoms with Crippen LogP contribution in [0.3, 0.4) is 0 Å². The van der Waals surface area contributed by atoms with Crippen molar-refractivity contribution in [2.45, 2.75) is 82.6 Å². The van der Waals surface area contributed by atoms with Gasteiger partial charge in [0.1, 0.15) is 24.9 Å². The van der Waals surface area contributed by atoms with Gasteiger partial charge in [-0.25, -0.2) is 0 Å². The molecule has 0 amide bonds. The van der Waals surface area contributed by atoms with Crippen LogP contribution in [0.15, 0.2) is 0 Å². The summed E-state index contributed by atoms with van der Waals surface area (Å²) in [5.41, 5.74) is 0. The zero-order chi connectivity index (χ0) is 15.9. The van der Waals surface area contributed by atoms with Gasteiger partial charge in [0.25, 0.3) is 0 Å². The summed E-state index contributed by atoms with van der Waals surface area (Å²) in [6.45, 7) is 5.59. The van der Waals surface area contributed by atoms with Crippen molar-refractivity contribution in [3.8, 4) is 0 Å². The Bertz CT molecular complexity index is 424. The van der Waals surface area contributed by atoms with Crippen LogP contribution in [0.2, 0.25) is 0 Å². The minimum Gasteiger partial charge on any atom is -0.463 e. The van der Waals surface area contributed by atoms with Gasteiger partial charge in [0.15, 0.2) is 12.1 Å². The maximum Gasteiger partial charge on any atom is 0.305 e.